The highest BCUT2D eigenvalue weighted by Crippen LogP contribution is 2.33. The Labute approximate surface area is 178 Å². The number of ether oxygens (including phenoxy) is 1. The summed E-state index contributed by atoms with van der Waals surface area (Å²) in [5.74, 6) is 1.48. The van der Waals surface area contributed by atoms with Gasteiger partial charge in [0.1, 0.15) is 5.75 Å². The number of para-hydroxylation sites is 1. The molecule has 1 aliphatic rings. The molecule has 6 nitrogen and oxygen atoms in total. The van der Waals surface area contributed by atoms with Crippen molar-refractivity contribution in [2.75, 3.05) is 12.9 Å². The summed E-state index contributed by atoms with van der Waals surface area (Å²) < 4.78 is 12.8. The minimum absolute atomic E-state index is 0.0450. The number of nitrogens with zero attached hydrogens (tertiary/aromatic N) is 3. The van der Waals surface area contributed by atoms with E-state index in [-0.39, 0.29) is 11.7 Å². The van der Waals surface area contributed by atoms with E-state index in [0.29, 0.717) is 11.1 Å². The third-order valence-electron chi connectivity index (χ3n) is 5.49. The van der Waals surface area contributed by atoms with E-state index in [1.165, 1.54) is 29.1 Å². The van der Waals surface area contributed by atoms with Crippen LogP contribution in [0, 0.1) is 0 Å². The van der Waals surface area contributed by atoms with Crippen molar-refractivity contribution < 1.29 is 13.9 Å². The summed E-state index contributed by atoms with van der Waals surface area (Å²) in [5, 5.41) is 9.79. The van der Waals surface area contributed by atoms with Gasteiger partial charge in [0, 0.05) is 16.6 Å². The summed E-state index contributed by atoms with van der Waals surface area (Å²) in [6.07, 6.45) is 4.29. The van der Waals surface area contributed by atoms with Gasteiger partial charge in [0.25, 0.3) is 5.22 Å². The highest BCUT2D eigenvalue weighted by atomic mass is 32.2. The third-order valence-corrected chi connectivity index (χ3v) is 6.29. The molecular weight excluding hydrogens is 398 g/mol. The molecule has 0 bridgehead atoms. The van der Waals surface area contributed by atoms with Crippen LogP contribution >= 0.6 is 11.8 Å². The van der Waals surface area contributed by atoms with Crippen LogP contribution in [0.4, 0.5) is 0 Å². The second kappa shape index (κ2) is 7.99. The number of methoxy groups -OCH3 is 1. The molecule has 5 rings (SSSR count). The maximum atomic E-state index is 13.2. The maximum absolute atomic E-state index is 13.2. The molecule has 0 saturated carbocycles. The third kappa shape index (κ3) is 3.39. The zero-order chi connectivity index (χ0) is 20.5. The van der Waals surface area contributed by atoms with Crippen LogP contribution in [0.5, 0.6) is 5.75 Å². The number of aromatic nitrogens is 3. The number of thioether (sulfide) groups is 1. The molecular formula is C23H21N3O3S. The highest BCUT2D eigenvalue weighted by Gasteiger charge is 2.23. The first-order chi connectivity index (χ1) is 14.7. The van der Waals surface area contributed by atoms with E-state index < -0.39 is 0 Å². The second-order valence-corrected chi connectivity index (χ2v) is 8.20. The molecule has 0 N–H and O–H groups in total. The molecule has 2 aromatic heterocycles. The molecule has 152 valence electrons. The van der Waals surface area contributed by atoms with Crippen molar-refractivity contribution >= 4 is 28.6 Å². The summed E-state index contributed by atoms with van der Waals surface area (Å²) in [6, 6.07) is 15.6. The van der Waals surface area contributed by atoms with Crippen LogP contribution in [-0.4, -0.2) is 33.5 Å². The lowest BCUT2D eigenvalue weighted by atomic mass is 9.96. The van der Waals surface area contributed by atoms with Gasteiger partial charge in [-0.25, -0.2) is 0 Å². The van der Waals surface area contributed by atoms with Crippen molar-refractivity contribution in [1.29, 1.82) is 0 Å². The SMILES string of the molecule is COc1ccc(-c2nnc(SCC(=O)n3c4c(c5ccccc53)CCCC4)o2)cc1. The molecule has 0 radical (unpaired) electrons. The molecule has 4 aromatic rings. The number of carbonyl (C=O) groups excluding carboxylic acids is 1. The van der Waals surface area contributed by atoms with E-state index in [9.17, 15) is 4.79 Å². The highest BCUT2D eigenvalue weighted by molar-refractivity contribution is 7.99. The Morgan fingerprint density at radius 1 is 1.10 bits per heavy atom. The predicted molar refractivity (Wildman–Crippen MR) is 116 cm³/mol. The van der Waals surface area contributed by atoms with Gasteiger partial charge in [0.2, 0.25) is 11.8 Å². The van der Waals surface area contributed by atoms with Crippen LogP contribution in [0.25, 0.3) is 22.4 Å². The molecule has 0 spiro atoms. The lowest BCUT2D eigenvalue weighted by molar-refractivity contribution is 0.0943. The number of hydrogen-bond donors (Lipinski definition) is 0. The molecule has 30 heavy (non-hydrogen) atoms. The summed E-state index contributed by atoms with van der Waals surface area (Å²) >= 11 is 1.27. The van der Waals surface area contributed by atoms with Crippen molar-refractivity contribution in [1.82, 2.24) is 14.8 Å². The number of hydrogen-bond acceptors (Lipinski definition) is 6. The first-order valence-electron chi connectivity index (χ1n) is 9.99. The molecule has 0 fully saturated rings. The van der Waals surface area contributed by atoms with E-state index in [0.717, 1.165) is 41.8 Å². The Bertz CT molecular complexity index is 1210. The van der Waals surface area contributed by atoms with Crippen molar-refractivity contribution in [3.8, 4) is 17.2 Å². The topological polar surface area (TPSA) is 70.2 Å². The number of aryl methyl sites for hydroxylation is 1. The van der Waals surface area contributed by atoms with E-state index in [1.807, 2.05) is 47.0 Å². The summed E-state index contributed by atoms with van der Waals surface area (Å²) in [4.78, 5) is 13.2. The van der Waals surface area contributed by atoms with Gasteiger partial charge in [-0.3, -0.25) is 9.36 Å². The Morgan fingerprint density at radius 3 is 2.73 bits per heavy atom. The van der Waals surface area contributed by atoms with Crippen LogP contribution < -0.4 is 4.74 Å². The zero-order valence-corrected chi connectivity index (χ0v) is 17.4. The predicted octanol–water partition coefficient (Wildman–Crippen LogP) is 5.01. The van der Waals surface area contributed by atoms with Gasteiger partial charge in [0.05, 0.1) is 18.4 Å². The zero-order valence-electron chi connectivity index (χ0n) is 16.6. The smallest absolute Gasteiger partial charge is 0.277 e. The molecule has 2 aromatic carbocycles. The van der Waals surface area contributed by atoms with Gasteiger partial charge < -0.3 is 9.15 Å². The average molecular weight is 420 g/mol. The molecule has 7 heteroatoms. The summed E-state index contributed by atoms with van der Waals surface area (Å²) in [6.45, 7) is 0. The van der Waals surface area contributed by atoms with E-state index in [1.54, 1.807) is 7.11 Å². The molecule has 0 atom stereocenters. The van der Waals surface area contributed by atoms with E-state index in [2.05, 4.69) is 16.3 Å². The second-order valence-electron chi connectivity index (χ2n) is 7.27. The Morgan fingerprint density at radius 2 is 1.90 bits per heavy atom. The fourth-order valence-electron chi connectivity index (χ4n) is 4.09. The Balaban J connectivity index is 1.35. The number of benzene rings is 2. The van der Waals surface area contributed by atoms with Gasteiger partial charge in [-0.15, -0.1) is 10.2 Å². The fourth-order valence-corrected chi connectivity index (χ4v) is 4.70. The average Bonchev–Trinajstić information content (AvgIpc) is 3.40. The fraction of sp³-hybridized carbons (Fsp3) is 0.261. The summed E-state index contributed by atoms with van der Waals surface area (Å²) in [7, 11) is 1.62. The quantitative estimate of drug-likeness (QED) is 0.424. The van der Waals surface area contributed by atoms with Gasteiger partial charge >= 0.3 is 0 Å². The molecule has 0 amide bonds. The minimum Gasteiger partial charge on any atom is -0.497 e. The lowest BCUT2D eigenvalue weighted by Crippen LogP contribution is -2.18. The van der Waals surface area contributed by atoms with Gasteiger partial charge in [-0.05, 0) is 61.6 Å². The van der Waals surface area contributed by atoms with Crippen molar-refractivity contribution in [2.45, 2.75) is 30.9 Å². The molecule has 1 aliphatic carbocycles. The van der Waals surface area contributed by atoms with Crippen LogP contribution in [-0.2, 0) is 12.8 Å². The van der Waals surface area contributed by atoms with Crippen molar-refractivity contribution in [3.63, 3.8) is 0 Å². The number of carbonyl (C=O) groups is 1. The standard InChI is InChI=1S/C23H21N3O3S/c1-28-16-12-10-15(11-13-16)22-24-25-23(29-22)30-14-21(27)26-19-8-4-2-6-17(19)18-7-3-5-9-20(18)26/h2,4,6,8,10-13H,3,5,7,9,14H2,1H3. The van der Waals surface area contributed by atoms with Gasteiger partial charge in [-0.1, -0.05) is 30.0 Å². The number of fused-ring (bicyclic) bond motifs is 3. The van der Waals surface area contributed by atoms with E-state index in [4.69, 9.17) is 9.15 Å². The van der Waals surface area contributed by atoms with Crippen molar-refractivity contribution in [2.24, 2.45) is 0 Å². The molecule has 0 aliphatic heterocycles. The molecule has 0 unspecified atom stereocenters. The van der Waals surface area contributed by atoms with Crippen LogP contribution in [0.1, 0.15) is 28.9 Å². The van der Waals surface area contributed by atoms with Gasteiger partial charge in [-0.2, -0.15) is 0 Å². The maximum Gasteiger partial charge on any atom is 0.277 e. The largest absolute Gasteiger partial charge is 0.497 e. The van der Waals surface area contributed by atoms with Crippen LogP contribution in [0.3, 0.4) is 0 Å². The number of rotatable bonds is 5. The van der Waals surface area contributed by atoms with E-state index >= 15 is 0 Å². The minimum atomic E-state index is 0.0450. The molecule has 0 saturated heterocycles. The lowest BCUT2D eigenvalue weighted by Gasteiger charge is -2.14. The van der Waals surface area contributed by atoms with Crippen LogP contribution in [0.15, 0.2) is 58.2 Å². The first-order valence-corrected chi connectivity index (χ1v) is 11.0. The Kier molecular flexibility index (Phi) is 5.04. The van der Waals surface area contributed by atoms with Crippen molar-refractivity contribution in [3.05, 3.63) is 59.8 Å². The monoisotopic (exact) mass is 419 g/mol. The molecule has 2 heterocycles. The summed E-state index contributed by atoms with van der Waals surface area (Å²) in [5.41, 5.74) is 4.30. The first kappa shape index (κ1) is 18.9. The normalized spacial score (nSPS) is 13.4. The van der Waals surface area contributed by atoms with Crippen LogP contribution in [0.2, 0.25) is 0 Å². The Hall–Kier alpha value is -3.06. The van der Waals surface area contributed by atoms with Gasteiger partial charge in [0.15, 0.2) is 0 Å².